The summed E-state index contributed by atoms with van der Waals surface area (Å²) in [6, 6.07) is 3.63. The molecule has 2 aromatic rings. The van der Waals surface area contributed by atoms with Crippen LogP contribution in [0.3, 0.4) is 0 Å². The lowest BCUT2D eigenvalue weighted by molar-refractivity contribution is -0.141. The van der Waals surface area contributed by atoms with Crippen molar-refractivity contribution in [2.75, 3.05) is 0 Å². The van der Waals surface area contributed by atoms with Crippen LogP contribution in [0.5, 0.6) is 0 Å². The van der Waals surface area contributed by atoms with Crippen molar-refractivity contribution in [3.63, 3.8) is 0 Å². The lowest BCUT2D eigenvalue weighted by Crippen LogP contribution is -2.60. The summed E-state index contributed by atoms with van der Waals surface area (Å²) < 4.78 is 0. The average Bonchev–Trinajstić information content (AvgIpc) is 3.34. The van der Waals surface area contributed by atoms with Crippen molar-refractivity contribution in [2.24, 2.45) is 11.5 Å². The van der Waals surface area contributed by atoms with Crippen molar-refractivity contribution in [1.82, 2.24) is 25.9 Å². The number of imidazole rings is 1. The number of nitrogens with two attached hydrogens (primary N) is 2. The molecule has 0 bridgehead atoms. The Balaban J connectivity index is 2.15. The van der Waals surface area contributed by atoms with E-state index < -0.39 is 66.3 Å². The Kier molecular flexibility index (Phi) is 10.7. The molecule has 5 atom stereocenters. The lowest BCUT2D eigenvalue weighted by atomic mass is 10.0. The molecule has 1 aromatic carbocycles. The Hall–Kier alpha value is -4.30. The van der Waals surface area contributed by atoms with E-state index in [2.05, 4.69) is 25.9 Å². The molecule has 4 amide bonds. The molecular weight excluding hydrogens is 486 g/mol. The van der Waals surface area contributed by atoms with Gasteiger partial charge in [-0.3, -0.25) is 24.0 Å². The number of aliphatic hydroxyl groups is 1. The average molecular weight is 518 g/mol. The number of aromatic nitrogens is 2. The van der Waals surface area contributed by atoms with E-state index in [4.69, 9.17) is 16.6 Å². The Morgan fingerprint density at radius 1 is 0.973 bits per heavy atom. The Morgan fingerprint density at radius 3 is 2.16 bits per heavy atom. The van der Waals surface area contributed by atoms with Crippen molar-refractivity contribution < 1.29 is 34.2 Å². The second-order valence-corrected chi connectivity index (χ2v) is 8.41. The maximum Gasteiger partial charge on any atom is 0.305 e. The number of hydrogen-bond donors (Lipinski definition) is 8. The number of aliphatic hydroxyl groups excluding tert-OH is 1. The van der Waals surface area contributed by atoms with Crippen LogP contribution < -0.4 is 27.4 Å². The third kappa shape index (κ3) is 9.35. The minimum Gasteiger partial charge on any atom is -0.481 e. The minimum atomic E-state index is -1.60. The largest absolute Gasteiger partial charge is 0.481 e. The monoisotopic (exact) mass is 517 g/mol. The molecule has 10 N–H and O–H groups in total. The number of carboxylic acid groups (broad SMARTS) is 1. The highest BCUT2D eigenvalue weighted by Crippen LogP contribution is 2.05. The van der Waals surface area contributed by atoms with E-state index in [1.807, 2.05) is 6.07 Å². The molecule has 0 spiro atoms. The number of carbonyl (C=O) groups is 5. The van der Waals surface area contributed by atoms with Gasteiger partial charge in [0.2, 0.25) is 23.6 Å². The molecule has 0 fully saturated rings. The van der Waals surface area contributed by atoms with Crippen LogP contribution in [-0.4, -0.2) is 80.1 Å². The standard InChI is InChI=1S/C23H31N7O7/c1-12(31)19(23(37)28-16(20(25)34)9-18(32)33)30-22(36)17(8-14-10-26-11-27-14)29-21(35)15(24)7-13-5-3-2-4-6-13/h2-6,10-12,15-17,19,31H,7-9,24H2,1H3,(H2,25,34)(H,26,27)(H,28,37)(H,29,35)(H,30,36)(H,32,33)/t12-,15+,16+,17+,19+/m0/s1. The molecule has 1 aromatic heterocycles. The first-order valence-electron chi connectivity index (χ1n) is 11.3. The zero-order valence-corrected chi connectivity index (χ0v) is 20.1. The zero-order chi connectivity index (χ0) is 27.5. The molecular formula is C23H31N7O7. The molecule has 0 aliphatic heterocycles. The predicted molar refractivity (Wildman–Crippen MR) is 129 cm³/mol. The maximum absolute atomic E-state index is 13.1. The summed E-state index contributed by atoms with van der Waals surface area (Å²) in [5, 5.41) is 26.0. The van der Waals surface area contributed by atoms with Gasteiger partial charge in [0.1, 0.15) is 18.1 Å². The summed E-state index contributed by atoms with van der Waals surface area (Å²) in [4.78, 5) is 67.8. The Bertz CT molecular complexity index is 1080. The molecule has 37 heavy (non-hydrogen) atoms. The molecule has 2 rings (SSSR count). The Morgan fingerprint density at radius 2 is 1.62 bits per heavy atom. The first-order valence-corrected chi connectivity index (χ1v) is 11.3. The van der Waals surface area contributed by atoms with Gasteiger partial charge in [-0.2, -0.15) is 0 Å². The number of aliphatic carboxylic acids is 1. The second kappa shape index (κ2) is 13.7. The number of hydrogen-bond acceptors (Lipinski definition) is 8. The number of primary amides is 1. The molecule has 1 heterocycles. The minimum absolute atomic E-state index is 0.0732. The third-order valence-electron chi connectivity index (χ3n) is 5.34. The van der Waals surface area contributed by atoms with Gasteiger partial charge in [0.15, 0.2) is 0 Å². The van der Waals surface area contributed by atoms with E-state index in [0.717, 1.165) is 5.56 Å². The van der Waals surface area contributed by atoms with E-state index in [1.54, 1.807) is 24.3 Å². The van der Waals surface area contributed by atoms with Gasteiger partial charge in [0.05, 0.1) is 30.6 Å². The summed E-state index contributed by atoms with van der Waals surface area (Å²) in [7, 11) is 0. The van der Waals surface area contributed by atoms with E-state index in [9.17, 15) is 29.1 Å². The number of aromatic amines is 1. The summed E-state index contributed by atoms with van der Waals surface area (Å²) in [5.41, 5.74) is 12.4. The number of benzene rings is 1. The van der Waals surface area contributed by atoms with E-state index in [1.165, 1.54) is 19.4 Å². The summed E-state index contributed by atoms with van der Waals surface area (Å²) in [5.74, 6) is -5.03. The van der Waals surface area contributed by atoms with Gasteiger partial charge in [-0.05, 0) is 18.9 Å². The van der Waals surface area contributed by atoms with Crippen LogP contribution in [0.1, 0.15) is 24.6 Å². The number of carboxylic acids is 1. The maximum atomic E-state index is 13.1. The van der Waals surface area contributed by atoms with Crippen LogP contribution in [0.25, 0.3) is 0 Å². The normalized spacial score (nSPS) is 14.9. The van der Waals surface area contributed by atoms with Crippen LogP contribution in [0.4, 0.5) is 0 Å². The molecule has 0 aliphatic carbocycles. The van der Waals surface area contributed by atoms with Crippen LogP contribution in [0.2, 0.25) is 0 Å². The van der Waals surface area contributed by atoms with Crippen molar-refractivity contribution >= 4 is 29.6 Å². The van der Waals surface area contributed by atoms with Gasteiger partial charge in [-0.1, -0.05) is 30.3 Å². The number of amides is 4. The summed E-state index contributed by atoms with van der Waals surface area (Å²) in [6.45, 7) is 1.21. The number of carbonyl (C=O) groups excluding carboxylic acids is 4. The predicted octanol–water partition coefficient (Wildman–Crippen LogP) is -2.68. The quantitative estimate of drug-likeness (QED) is 0.130. The van der Waals surface area contributed by atoms with Gasteiger partial charge >= 0.3 is 5.97 Å². The van der Waals surface area contributed by atoms with E-state index in [0.29, 0.717) is 5.69 Å². The summed E-state index contributed by atoms with van der Waals surface area (Å²) in [6.07, 6.45) is 0.781. The highest BCUT2D eigenvalue weighted by molar-refractivity contribution is 5.95. The number of nitrogens with zero attached hydrogens (tertiary/aromatic N) is 1. The second-order valence-electron chi connectivity index (χ2n) is 8.41. The first-order chi connectivity index (χ1) is 17.5. The molecule has 14 nitrogen and oxygen atoms in total. The van der Waals surface area contributed by atoms with Crippen LogP contribution in [0.15, 0.2) is 42.9 Å². The fraction of sp³-hybridized carbons (Fsp3) is 0.391. The number of H-pyrrole nitrogens is 1. The van der Waals surface area contributed by atoms with Crippen molar-refractivity contribution in [3.05, 3.63) is 54.1 Å². The fourth-order valence-electron chi connectivity index (χ4n) is 3.38. The van der Waals surface area contributed by atoms with Gasteiger partial charge in [-0.25, -0.2) is 4.98 Å². The van der Waals surface area contributed by atoms with Gasteiger partial charge in [0.25, 0.3) is 0 Å². The lowest BCUT2D eigenvalue weighted by Gasteiger charge is -2.26. The zero-order valence-electron chi connectivity index (χ0n) is 20.1. The van der Waals surface area contributed by atoms with Crippen LogP contribution >= 0.6 is 0 Å². The molecule has 0 aliphatic rings. The Labute approximate surface area is 212 Å². The van der Waals surface area contributed by atoms with E-state index in [-0.39, 0.29) is 12.8 Å². The molecule has 200 valence electrons. The van der Waals surface area contributed by atoms with Crippen molar-refractivity contribution in [2.45, 2.75) is 56.5 Å². The first kappa shape index (κ1) is 28.9. The molecule has 0 radical (unpaired) electrons. The SMILES string of the molecule is C[C@H](O)[C@@H](NC(=O)[C@@H](Cc1c[nH]cn1)NC(=O)[C@H](N)Cc1ccccc1)C(=O)N[C@H](CC(=O)O)C(N)=O. The van der Waals surface area contributed by atoms with Gasteiger partial charge in [0, 0.05) is 12.6 Å². The molecule has 0 saturated heterocycles. The van der Waals surface area contributed by atoms with Crippen molar-refractivity contribution in [3.8, 4) is 0 Å². The molecule has 0 saturated carbocycles. The van der Waals surface area contributed by atoms with Crippen LogP contribution in [-0.2, 0) is 36.8 Å². The van der Waals surface area contributed by atoms with E-state index >= 15 is 0 Å². The number of rotatable bonds is 14. The molecule has 0 unspecified atom stereocenters. The van der Waals surface area contributed by atoms with Crippen molar-refractivity contribution in [1.29, 1.82) is 0 Å². The summed E-state index contributed by atoms with van der Waals surface area (Å²) >= 11 is 0. The van der Waals surface area contributed by atoms with Gasteiger partial charge < -0.3 is 42.6 Å². The highest BCUT2D eigenvalue weighted by atomic mass is 16.4. The molecule has 14 heteroatoms. The highest BCUT2D eigenvalue weighted by Gasteiger charge is 2.33. The smallest absolute Gasteiger partial charge is 0.305 e. The van der Waals surface area contributed by atoms with Crippen LogP contribution in [0, 0.1) is 0 Å². The van der Waals surface area contributed by atoms with Gasteiger partial charge in [-0.15, -0.1) is 0 Å². The topological polar surface area (TPSA) is 243 Å². The number of nitrogens with one attached hydrogen (secondary N) is 4. The fourth-order valence-corrected chi connectivity index (χ4v) is 3.38. The third-order valence-corrected chi connectivity index (χ3v) is 5.34.